The molecular weight excluding hydrogens is 504 g/mol. The van der Waals surface area contributed by atoms with E-state index in [0.29, 0.717) is 34.5 Å². The van der Waals surface area contributed by atoms with E-state index in [2.05, 4.69) is 22.6 Å². The third-order valence-electron chi connectivity index (χ3n) is 6.96. The first-order chi connectivity index (χ1) is 18.6. The van der Waals surface area contributed by atoms with Crippen molar-refractivity contribution in [3.05, 3.63) is 63.8 Å². The molecule has 1 atom stereocenters. The molecule has 0 aromatic heterocycles. The molecule has 200 valence electrons. The van der Waals surface area contributed by atoms with Gasteiger partial charge in [-0.3, -0.25) is 0 Å². The topological polar surface area (TPSA) is 71.0 Å². The largest absolute Gasteiger partial charge is 0.493 e. The standard InChI is InChI=1S/C29H32N2O6S/c1-32-21-13-17(14-22(33-2)27(21)36-5)12-18-8-7-9-20-25(18)30-29-31(10-11-38-29)26(20)19-15-23(34-3)28(37-6)24(16-19)35-4/h10-16,26H,7-9H2,1-6H3/b18-12+. The van der Waals surface area contributed by atoms with Gasteiger partial charge in [-0.15, -0.1) is 0 Å². The monoisotopic (exact) mass is 536 g/mol. The van der Waals surface area contributed by atoms with Crippen molar-refractivity contribution in [1.29, 1.82) is 0 Å². The zero-order valence-corrected chi connectivity index (χ0v) is 23.3. The van der Waals surface area contributed by atoms with Crippen LogP contribution in [0.5, 0.6) is 34.5 Å². The highest BCUT2D eigenvalue weighted by molar-refractivity contribution is 8.16. The van der Waals surface area contributed by atoms with E-state index in [0.717, 1.165) is 41.3 Å². The van der Waals surface area contributed by atoms with Crippen molar-refractivity contribution < 1.29 is 28.4 Å². The van der Waals surface area contributed by atoms with Gasteiger partial charge >= 0.3 is 0 Å². The summed E-state index contributed by atoms with van der Waals surface area (Å²) in [4.78, 5) is 7.37. The molecule has 1 unspecified atom stereocenters. The number of hydrogen-bond acceptors (Lipinski definition) is 9. The Hall–Kier alpha value is -3.72. The Labute approximate surface area is 227 Å². The van der Waals surface area contributed by atoms with Crippen molar-refractivity contribution in [2.24, 2.45) is 4.99 Å². The molecule has 2 aromatic rings. The summed E-state index contributed by atoms with van der Waals surface area (Å²) in [5.41, 5.74) is 5.50. The molecular formula is C29H32N2O6S. The van der Waals surface area contributed by atoms with Crippen LogP contribution in [0.3, 0.4) is 0 Å². The molecule has 3 aliphatic rings. The highest BCUT2D eigenvalue weighted by Gasteiger charge is 2.37. The lowest BCUT2D eigenvalue weighted by molar-refractivity contribution is 0.322. The minimum atomic E-state index is -0.0407. The molecule has 38 heavy (non-hydrogen) atoms. The number of fused-ring (bicyclic) bond motifs is 1. The van der Waals surface area contributed by atoms with E-state index in [1.54, 1.807) is 54.4 Å². The van der Waals surface area contributed by atoms with E-state index < -0.39 is 0 Å². The highest BCUT2D eigenvalue weighted by atomic mass is 32.2. The van der Waals surface area contributed by atoms with Crippen LogP contribution < -0.4 is 28.4 Å². The van der Waals surface area contributed by atoms with Gasteiger partial charge in [0.05, 0.1) is 54.4 Å². The van der Waals surface area contributed by atoms with Gasteiger partial charge in [0.2, 0.25) is 11.5 Å². The van der Waals surface area contributed by atoms with Crippen LogP contribution in [0.15, 0.2) is 57.7 Å². The molecule has 9 heteroatoms. The Morgan fingerprint density at radius 3 is 1.92 bits per heavy atom. The van der Waals surface area contributed by atoms with Gasteiger partial charge in [-0.25, -0.2) is 4.99 Å². The smallest absolute Gasteiger partial charge is 0.203 e. The van der Waals surface area contributed by atoms with Crippen LogP contribution in [0, 0.1) is 0 Å². The summed E-state index contributed by atoms with van der Waals surface area (Å²) in [5, 5.41) is 3.02. The number of hydrogen-bond donors (Lipinski definition) is 0. The summed E-state index contributed by atoms with van der Waals surface area (Å²) in [6, 6.07) is 7.96. The van der Waals surface area contributed by atoms with Crippen LogP contribution in [-0.4, -0.2) is 52.7 Å². The molecule has 0 spiro atoms. The fourth-order valence-corrected chi connectivity index (χ4v) is 6.04. The van der Waals surface area contributed by atoms with Gasteiger partial charge in [0.1, 0.15) is 0 Å². The first-order valence-corrected chi connectivity index (χ1v) is 13.2. The first kappa shape index (κ1) is 25.9. The number of methoxy groups -OCH3 is 6. The van der Waals surface area contributed by atoms with E-state index in [1.807, 2.05) is 24.3 Å². The number of nitrogens with zero attached hydrogens (tertiary/aromatic N) is 2. The molecule has 0 saturated heterocycles. The normalized spacial score (nSPS) is 19.1. The van der Waals surface area contributed by atoms with Crippen LogP contribution in [0.4, 0.5) is 0 Å². The van der Waals surface area contributed by atoms with E-state index in [-0.39, 0.29) is 6.04 Å². The number of benzene rings is 2. The molecule has 2 heterocycles. The fourth-order valence-electron chi connectivity index (χ4n) is 5.30. The predicted molar refractivity (Wildman–Crippen MR) is 150 cm³/mol. The Morgan fingerprint density at radius 2 is 1.37 bits per heavy atom. The zero-order valence-electron chi connectivity index (χ0n) is 22.5. The summed E-state index contributed by atoms with van der Waals surface area (Å²) < 4.78 is 33.6. The maximum atomic E-state index is 5.68. The summed E-state index contributed by atoms with van der Waals surface area (Å²) >= 11 is 1.62. The van der Waals surface area contributed by atoms with Crippen molar-refractivity contribution in [3.8, 4) is 34.5 Å². The van der Waals surface area contributed by atoms with Crippen molar-refractivity contribution >= 4 is 23.0 Å². The van der Waals surface area contributed by atoms with Gasteiger partial charge in [0.25, 0.3) is 0 Å². The number of thioether (sulfide) groups is 1. The summed E-state index contributed by atoms with van der Waals surface area (Å²) in [7, 11) is 9.77. The molecule has 0 fully saturated rings. The number of aliphatic imine (C=N–C) groups is 1. The number of allylic oxidation sites excluding steroid dienone is 1. The molecule has 0 N–H and O–H groups in total. The van der Waals surface area contributed by atoms with Crippen molar-refractivity contribution in [1.82, 2.24) is 4.90 Å². The van der Waals surface area contributed by atoms with E-state index in [1.165, 1.54) is 11.1 Å². The number of amidine groups is 1. The lowest BCUT2D eigenvalue weighted by Gasteiger charge is -2.38. The van der Waals surface area contributed by atoms with Crippen LogP contribution in [0.25, 0.3) is 6.08 Å². The van der Waals surface area contributed by atoms with Crippen molar-refractivity contribution in [3.63, 3.8) is 0 Å². The maximum absolute atomic E-state index is 5.68. The van der Waals surface area contributed by atoms with Gasteiger partial charge in [0, 0.05) is 6.20 Å². The Balaban J connectivity index is 1.65. The Kier molecular flexibility index (Phi) is 7.46. The first-order valence-electron chi connectivity index (χ1n) is 12.3. The van der Waals surface area contributed by atoms with Gasteiger partial charge in [-0.2, -0.15) is 0 Å². The third-order valence-corrected chi connectivity index (χ3v) is 7.73. The van der Waals surface area contributed by atoms with Crippen molar-refractivity contribution in [2.75, 3.05) is 42.7 Å². The Bertz CT molecular complexity index is 1310. The average molecular weight is 537 g/mol. The van der Waals surface area contributed by atoms with Gasteiger partial charge in [-0.05, 0) is 77.3 Å². The number of rotatable bonds is 8. The predicted octanol–water partition coefficient (Wildman–Crippen LogP) is 6.19. The van der Waals surface area contributed by atoms with Crippen LogP contribution >= 0.6 is 11.8 Å². The van der Waals surface area contributed by atoms with Gasteiger partial charge < -0.3 is 33.3 Å². The molecule has 0 saturated carbocycles. The minimum Gasteiger partial charge on any atom is -0.493 e. The number of ether oxygens (including phenoxy) is 6. The van der Waals surface area contributed by atoms with Crippen LogP contribution in [0.1, 0.15) is 36.4 Å². The van der Waals surface area contributed by atoms with E-state index in [4.69, 9.17) is 33.4 Å². The summed E-state index contributed by atoms with van der Waals surface area (Å²) in [5.74, 6) is 3.66. The Morgan fingerprint density at radius 1 is 0.789 bits per heavy atom. The van der Waals surface area contributed by atoms with Crippen molar-refractivity contribution in [2.45, 2.75) is 25.3 Å². The third kappa shape index (κ3) is 4.45. The zero-order chi connectivity index (χ0) is 26.8. The van der Waals surface area contributed by atoms with Gasteiger partial charge in [0.15, 0.2) is 28.2 Å². The molecule has 0 amide bonds. The fraction of sp³-hybridized carbons (Fsp3) is 0.345. The molecule has 0 bridgehead atoms. The molecule has 8 nitrogen and oxygen atoms in total. The quantitative estimate of drug-likeness (QED) is 0.396. The summed E-state index contributed by atoms with van der Waals surface area (Å²) in [6.07, 6.45) is 7.16. The SMILES string of the molecule is COc1cc(/C=C2\CCCC3=C2N=C2SC=CN2C3c2cc(OC)c(OC)c(OC)c2)cc(OC)c1OC. The highest BCUT2D eigenvalue weighted by Crippen LogP contribution is 2.50. The van der Waals surface area contributed by atoms with E-state index in [9.17, 15) is 0 Å². The van der Waals surface area contributed by atoms with Crippen LogP contribution in [0.2, 0.25) is 0 Å². The second kappa shape index (κ2) is 10.9. The van der Waals surface area contributed by atoms with Crippen LogP contribution in [-0.2, 0) is 0 Å². The summed E-state index contributed by atoms with van der Waals surface area (Å²) in [6.45, 7) is 0. The molecule has 0 radical (unpaired) electrons. The molecule has 2 aromatic carbocycles. The maximum Gasteiger partial charge on any atom is 0.203 e. The van der Waals surface area contributed by atoms with E-state index >= 15 is 0 Å². The van der Waals surface area contributed by atoms with Gasteiger partial charge in [-0.1, -0.05) is 11.8 Å². The minimum absolute atomic E-state index is 0.0407. The second-order valence-electron chi connectivity index (χ2n) is 8.92. The lowest BCUT2D eigenvalue weighted by atomic mass is 9.83. The molecule has 1 aliphatic carbocycles. The molecule has 5 rings (SSSR count). The lowest BCUT2D eigenvalue weighted by Crippen LogP contribution is -2.32. The molecule has 2 aliphatic heterocycles. The average Bonchev–Trinajstić information content (AvgIpc) is 3.43. The second-order valence-corrected chi connectivity index (χ2v) is 9.79.